The van der Waals surface area contributed by atoms with Crippen LogP contribution in [0.3, 0.4) is 0 Å². The normalized spacial score (nSPS) is 15.1. The highest BCUT2D eigenvalue weighted by Crippen LogP contribution is 2.40. The van der Waals surface area contributed by atoms with Crippen LogP contribution in [0.2, 0.25) is 0 Å². The van der Waals surface area contributed by atoms with Crippen molar-refractivity contribution in [3.8, 4) is 11.8 Å². The molecule has 1 N–H and O–H groups in total. The zero-order valence-electron chi connectivity index (χ0n) is 16.7. The Morgan fingerprint density at radius 3 is 2.77 bits per heavy atom. The van der Waals surface area contributed by atoms with E-state index in [0.717, 1.165) is 61.0 Å². The Balaban J connectivity index is 1.80. The molecule has 1 fully saturated rings. The molecule has 5 nitrogen and oxygen atoms in total. The summed E-state index contributed by atoms with van der Waals surface area (Å²) in [5.41, 5.74) is 5.62. The predicted molar refractivity (Wildman–Crippen MR) is 114 cm³/mol. The fraction of sp³-hybridized carbons (Fsp3) is 0.333. The van der Waals surface area contributed by atoms with Crippen molar-refractivity contribution in [3.63, 3.8) is 0 Å². The largest absolute Gasteiger partial charge is 0.381 e. The van der Waals surface area contributed by atoms with E-state index in [2.05, 4.69) is 33.0 Å². The van der Waals surface area contributed by atoms with E-state index in [1.165, 1.54) is 28.8 Å². The summed E-state index contributed by atoms with van der Waals surface area (Å²) in [5.74, 6) is 0.124. The Morgan fingerprint density at radius 1 is 1.20 bits per heavy atom. The Bertz CT molecular complexity index is 1230. The molecule has 2 aromatic heterocycles. The number of hydrogen-bond acceptors (Lipinski definition) is 3. The highest BCUT2D eigenvalue weighted by atomic mass is 19.1. The summed E-state index contributed by atoms with van der Waals surface area (Å²) in [7, 11) is 0. The van der Waals surface area contributed by atoms with E-state index in [9.17, 15) is 4.39 Å². The first-order valence-corrected chi connectivity index (χ1v) is 10.5. The number of nitrogens with zero attached hydrogens (tertiary/aromatic N) is 3. The van der Waals surface area contributed by atoms with Gasteiger partial charge in [0.15, 0.2) is 0 Å². The first kappa shape index (κ1) is 18.8. The van der Waals surface area contributed by atoms with Gasteiger partial charge in [-0.05, 0) is 67.6 Å². The van der Waals surface area contributed by atoms with Gasteiger partial charge in [0.05, 0.1) is 23.3 Å². The number of aryl methyl sites for hydroxylation is 1. The van der Waals surface area contributed by atoms with Crippen LogP contribution >= 0.6 is 0 Å². The number of halogens is 1. The molecule has 1 saturated heterocycles. The molecule has 1 aliphatic heterocycles. The molecular formula is C24H23FN4O. The Labute approximate surface area is 174 Å². The fourth-order valence-corrected chi connectivity index (χ4v) is 4.68. The van der Waals surface area contributed by atoms with Crippen molar-refractivity contribution < 1.29 is 9.13 Å². The molecule has 6 heteroatoms. The summed E-state index contributed by atoms with van der Waals surface area (Å²) in [6, 6.07) is 13.3. The second-order valence-electron chi connectivity index (χ2n) is 7.90. The summed E-state index contributed by atoms with van der Waals surface area (Å²) in [4.78, 5) is 0. The quantitative estimate of drug-likeness (QED) is 0.455. The molecule has 5 rings (SSSR count). The summed E-state index contributed by atoms with van der Waals surface area (Å²) in [6.45, 7) is 1.50. The number of ether oxygens (including phenoxy) is 1. The van der Waals surface area contributed by atoms with Gasteiger partial charge in [-0.25, -0.2) is 4.39 Å². The lowest BCUT2D eigenvalue weighted by Gasteiger charge is -2.25. The van der Waals surface area contributed by atoms with Crippen molar-refractivity contribution in [2.45, 2.75) is 38.0 Å². The average molecular weight is 402 g/mol. The van der Waals surface area contributed by atoms with Crippen LogP contribution in [-0.4, -0.2) is 28.0 Å². The molecule has 1 aliphatic rings. The van der Waals surface area contributed by atoms with Gasteiger partial charge >= 0.3 is 0 Å². The smallest absolute Gasteiger partial charge is 0.123 e. The number of hydrogen-bond donors (Lipinski definition) is 1. The number of H-pyrrole nitrogens is 1. The minimum absolute atomic E-state index is 0.241. The van der Waals surface area contributed by atoms with E-state index < -0.39 is 0 Å². The van der Waals surface area contributed by atoms with Gasteiger partial charge in [-0.15, -0.1) is 0 Å². The molecule has 3 heterocycles. The van der Waals surface area contributed by atoms with Gasteiger partial charge in [0, 0.05) is 47.7 Å². The summed E-state index contributed by atoms with van der Waals surface area (Å²) in [6.07, 6.45) is 5.94. The van der Waals surface area contributed by atoms with Crippen LogP contribution in [0, 0.1) is 17.1 Å². The topological polar surface area (TPSA) is 66.6 Å². The second-order valence-corrected chi connectivity index (χ2v) is 7.90. The summed E-state index contributed by atoms with van der Waals surface area (Å²) < 4.78 is 21.6. The highest BCUT2D eigenvalue weighted by molar-refractivity contribution is 5.98. The monoisotopic (exact) mass is 402 g/mol. The van der Waals surface area contributed by atoms with Gasteiger partial charge in [0.2, 0.25) is 0 Å². The van der Waals surface area contributed by atoms with E-state index in [1.807, 2.05) is 18.3 Å². The summed E-state index contributed by atoms with van der Waals surface area (Å²) in [5, 5.41) is 18.6. The lowest BCUT2D eigenvalue weighted by molar-refractivity contribution is 0.0841. The minimum Gasteiger partial charge on any atom is -0.381 e. The fourth-order valence-electron chi connectivity index (χ4n) is 4.68. The van der Waals surface area contributed by atoms with Crippen LogP contribution in [0.1, 0.15) is 42.9 Å². The number of nitriles is 1. The zero-order valence-corrected chi connectivity index (χ0v) is 16.7. The van der Waals surface area contributed by atoms with Crippen molar-refractivity contribution >= 4 is 21.8 Å². The van der Waals surface area contributed by atoms with Crippen LogP contribution in [0.4, 0.5) is 4.39 Å². The third-order valence-corrected chi connectivity index (χ3v) is 6.08. The summed E-state index contributed by atoms with van der Waals surface area (Å²) >= 11 is 0. The molecule has 0 saturated carbocycles. The average Bonchev–Trinajstić information content (AvgIpc) is 3.36. The van der Waals surface area contributed by atoms with Gasteiger partial charge in [-0.1, -0.05) is 0 Å². The highest BCUT2D eigenvalue weighted by Gasteiger charge is 2.27. The Kier molecular flexibility index (Phi) is 4.97. The van der Waals surface area contributed by atoms with Crippen molar-refractivity contribution in [2.24, 2.45) is 0 Å². The Morgan fingerprint density at radius 2 is 2.00 bits per heavy atom. The van der Waals surface area contributed by atoms with Crippen LogP contribution in [0.15, 0.2) is 42.6 Å². The molecule has 0 amide bonds. The van der Waals surface area contributed by atoms with Gasteiger partial charge in [0.1, 0.15) is 5.82 Å². The van der Waals surface area contributed by atoms with Crippen LogP contribution in [0.5, 0.6) is 0 Å². The number of rotatable bonds is 5. The lowest BCUT2D eigenvalue weighted by Crippen LogP contribution is -2.18. The van der Waals surface area contributed by atoms with Crippen molar-refractivity contribution in [2.75, 3.05) is 13.2 Å². The van der Waals surface area contributed by atoms with E-state index in [0.29, 0.717) is 12.3 Å². The molecular weight excluding hydrogens is 379 g/mol. The number of fused-ring (bicyclic) bond motifs is 2. The number of aromatic nitrogens is 3. The van der Waals surface area contributed by atoms with Crippen molar-refractivity contribution in [1.82, 2.24) is 14.8 Å². The number of aromatic amines is 1. The van der Waals surface area contributed by atoms with E-state index in [1.54, 1.807) is 0 Å². The molecule has 0 bridgehead atoms. The number of benzene rings is 2. The molecule has 0 atom stereocenters. The molecule has 0 spiro atoms. The maximum Gasteiger partial charge on any atom is 0.123 e. The molecule has 4 aromatic rings. The minimum atomic E-state index is -0.241. The standard InChI is InChI=1S/C24H23FN4O/c25-18-4-6-19(7-5-18)29-23-13-17-15-27-28-22(17)14-21(23)20(3-1-2-10-26)24(29)16-8-11-30-12-9-16/h4-7,13-16H,1-3,8-9,11-12H2,(H,27,28). The molecule has 2 aromatic carbocycles. The maximum absolute atomic E-state index is 13.7. The first-order valence-electron chi connectivity index (χ1n) is 10.5. The van der Waals surface area contributed by atoms with Crippen molar-refractivity contribution in [3.05, 3.63) is 59.7 Å². The Hall–Kier alpha value is -3.17. The van der Waals surface area contributed by atoms with E-state index in [-0.39, 0.29) is 5.82 Å². The van der Waals surface area contributed by atoms with E-state index in [4.69, 9.17) is 10.00 Å². The number of unbranched alkanes of at least 4 members (excludes halogenated alkanes) is 1. The van der Waals surface area contributed by atoms with Crippen LogP contribution < -0.4 is 0 Å². The second kappa shape index (κ2) is 7.92. The van der Waals surface area contributed by atoms with E-state index >= 15 is 0 Å². The molecule has 30 heavy (non-hydrogen) atoms. The van der Waals surface area contributed by atoms with Gasteiger partial charge in [-0.2, -0.15) is 10.4 Å². The van der Waals surface area contributed by atoms with Gasteiger partial charge in [-0.3, -0.25) is 5.10 Å². The third-order valence-electron chi connectivity index (χ3n) is 6.08. The van der Waals surface area contributed by atoms with Crippen LogP contribution in [-0.2, 0) is 11.2 Å². The molecule has 0 unspecified atom stereocenters. The SMILES string of the molecule is N#CCCCc1c(C2CCOCC2)n(-c2ccc(F)cc2)c2cc3cn[nH]c3cc12. The first-order chi connectivity index (χ1) is 14.8. The number of nitrogens with one attached hydrogen (secondary N) is 1. The molecule has 0 aliphatic carbocycles. The maximum atomic E-state index is 13.7. The third kappa shape index (κ3) is 3.25. The predicted octanol–water partition coefficient (Wildman–Crippen LogP) is 5.39. The zero-order chi connectivity index (χ0) is 20.5. The van der Waals surface area contributed by atoms with Gasteiger partial charge in [0.25, 0.3) is 0 Å². The van der Waals surface area contributed by atoms with Gasteiger partial charge < -0.3 is 9.30 Å². The van der Waals surface area contributed by atoms with Crippen LogP contribution in [0.25, 0.3) is 27.5 Å². The lowest BCUT2D eigenvalue weighted by atomic mass is 9.91. The molecule has 0 radical (unpaired) electrons. The molecule has 152 valence electrons. The van der Waals surface area contributed by atoms with Crippen molar-refractivity contribution in [1.29, 1.82) is 5.26 Å².